The average molecular weight is 232 g/mol. The molecule has 0 saturated heterocycles. The summed E-state index contributed by atoms with van der Waals surface area (Å²) in [5.41, 5.74) is 2.58. The van der Waals surface area contributed by atoms with E-state index < -0.39 is 0 Å². The van der Waals surface area contributed by atoms with Gasteiger partial charge in [-0.25, -0.2) is 4.79 Å². The van der Waals surface area contributed by atoms with E-state index in [1.807, 2.05) is 25.1 Å². The van der Waals surface area contributed by atoms with Crippen LogP contribution in [0.4, 0.5) is 10.5 Å². The van der Waals surface area contributed by atoms with Crippen LogP contribution in [-0.2, 0) is 0 Å². The molecule has 1 rings (SSSR count). The van der Waals surface area contributed by atoms with Gasteiger partial charge in [-0.1, -0.05) is 11.8 Å². The molecule has 0 bridgehead atoms. The molecule has 0 radical (unpaired) electrons. The molecule has 1 aromatic rings. The van der Waals surface area contributed by atoms with Gasteiger partial charge in [0.2, 0.25) is 0 Å². The molecule has 4 heteroatoms. The summed E-state index contributed by atoms with van der Waals surface area (Å²) >= 11 is 0. The lowest BCUT2D eigenvalue weighted by Gasteiger charge is -2.07. The van der Waals surface area contributed by atoms with E-state index in [1.54, 1.807) is 7.05 Å². The Kier molecular flexibility index (Phi) is 5.05. The minimum atomic E-state index is -0.243. The van der Waals surface area contributed by atoms with Crippen LogP contribution >= 0.6 is 0 Å². The number of carbonyl (C=O) groups excluding carboxylic acids is 1. The lowest BCUT2D eigenvalue weighted by Crippen LogP contribution is -2.24. The van der Waals surface area contributed by atoms with Crippen molar-refractivity contribution in [1.29, 1.82) is 0 Å². The van der Waals surface area contributed by atoms with Gasteiger partial charge in [0.05, 0.1) is 6.61 Å². The van der Waals surface area contributed by atoms with Crippen LogP contribution in [0.15, 0.2) is 18.2 Å². The summed E-state index contributed by atoms with van der Waals surface area (Å²) in [4.78, 5) is 11.2. The molecule has 0 aromatic heterocycles. The van der Waals surface area contributed by atoms with Gasteiger partial charge in [-0.2, -0.15) is 0 Å². The van der Waals surface area contributed by atoms with Crippen molar-refractivity contribution >= 4 is 11.7 Å². The summed E-state index contributed by atoms with van der Waals surface area (Å²) in [5, 5.41) is 13.8. The van der Waals surface area contributed by atoms with Gasteiger partial charge in [-0.15, -0.1) is 0 Å². The van der Waals surface area contributed by atoms with Crippen LogP contribution in [-0.4, -0.2) is 24.8 Å². The highest BCUT2D eigenvalue weighted by molar-refractivity contribution is 5.89. The number of hydrogen-bond acceptors (Lipinski definition) is 2. The Morgan fingerprint density at radius 3 is 2.82 bits per heavy atom. The Hall–Kier alpha value is -1.99. The van der Waals surface area contributed by atoms with Crippen molar-refractivity contribution in [2.75, 3.05) is 19.0 Å². The van der Waals surface area contributed by atoms with E-state index in [9.17, 15) is 4.79 Å². The second kappa shape index (κ2) is 6.56. The molecule has 1 aromatic carbocycles. The number of hydrogen-bond donors (Lipinski definition) is 3. The van der Waals surface area contributed by atoms with E-state index in [0.29, 0.717) is 6.42 Å². The monoisotopic (exact) mass is 232 g/mol. The maximum atomic E-state index is 11.2. The van der Waals surface area contributed by atoms with E-state index in [1.165, 1.54) is 0 Å². The van der Waals surface area contributed by atoms with Gasteiger partial charge in [-0.05, 0) is 30.7 Å². The van der Waals surface area contributed by atoms with Crippen LogP contribution in [0.1, 0.15) is 17.5 Å². The number of carbonyl (C=O) groups is 1. The largest absolute Gasteiger partial charge is 0.395 e. The number of urea groups is 1. The number of aryl methyl sites for hydroxylation is 1. The molecule has 0 fully saturated rings. The quantitative estimate of drug-likeness (QED) is 0.676. The molecular weight excluding hydrogens is 216 g/mol. The number of anilines is 1. The van der Waals surface area contributed by atoms with Gasteiger partial charge < -0.3 is 15.7 Å². The predicted molar refractivity (Wildman–Crippen MR) is 67.8 cm³/mol. The minimum absolute atomic E-state index is 0.0717. The molecule has 90 valence electrons. The van der Waals surface area contributed by atoms with E-state index >= 15 is 0 Å². The SMILES string of the molecule is CNC(=O)Nc1ccc(C#CCCO)cc1C. The molecule has 0 aliphatic rings. The van der Waals surface area contributed by atoms with Crippen LogP contribution < -0.4 is 10.6 Å². The molecule has 0 spiro atoms. The summed E-state index contributed by atoms with van der Waals surface area (Å²) in [5.74, 6) is 5.79. The second-order valence-corrected chi connectivity index (χ2v) is 3.51. The molecular formula is C13H16N2O2. The fraction of sp³-hybridized carbons (Fsp3) is 0.308. The maximum Gasteiger partial charge on any atom is 0.318 e. The first kappa shape index (κ1) is 13.1. The molecule has 0 aliphatic heterocycles. The Morgan fingerprint density at radius 2 is 2.24 bits per heavy atom. The van der Waals surface area contributed by atoms with E-state index in [-0.39, 0.29) is 12.6 Å². The topological polar surface area (TPSA) is 61.4 Å². The minimum Gasteiger partial charge on any atom is -0.395 e. The van der Waals surface area contributed by atoms with Gasteiger partial charge in [0, 0.05) is 24.7 Å². The maximum absolute atomic E-state index is 11.2. The number of nitrogens with one attached hydrogen (secondary N) is 2. The number of rotatable bonds is 2. The van der Waals surface area contributed by atoms with Crippen molar-refractivity contribution in [3.05, 3.63) is 29.3 Å². The van der Waals surface area contributed by atoms with Gasteiger partial charge in [-0.3, -0.25) is 0 Å². The first-order valence-electron chi connectivity index (χ1n) is 5.36. The molecule has 0 aliphatic carbocycles. The third-order valence-corrected chi connectivity index (χ3v) is 2.17. The number of aliphatic hydroxyl groups excluding tert-OH is 1. The smallest absolute Gasteiger partial charge is 0.318 e. The molecule has 0 atom stereocenters. The summed E-state index contributed by atoms with van der Waals surface area (Å²) in [6.07, 6.45) is 0.470. The van der Waals surface area contributed by atoms with Gasteiger partial charge in [0.25, 0.3) is 0 Å². The summed E-state index contributed by atoms with van der Waals surface area (Å²) < 4.78 is 0. The highest BCUT2D eigenvalue weighted by atomic mass is 16.2. The fourth-order valence-corrected chi connectivity index (χ4v) is 1.29. The number of benzene rings is 1. The van der Waals surface area contributed by atoms with Crippen LogP contribution in [0.3, 0.4) is 0 Å². The third kappa shape index (κ3) is 4.17. The van der Waals surface area contributed by atoms with Gasteiger partial charge >= 0.3 is 6.03 Å². The van der Waals surface area contributed by atoms with Crippen LogP contribution in [0, 0.1) is 18.8 Å². The molecule has 0 saturated carbocycles. The first-order valence-corrected chi connectivity index (χ1v) is 5.36. The van der Waals surface area contributed by atoms with Gasteiger partial charge in [0.1, 0.15) is 0 Å². The van der Waals surface area contributed by atoms with Crippen molar-refractivity contribution in [3.63, 3.8) is 0 Å². The summed E-state index contributed by atoms with van der Waals surface area (Å²) in [6.45, 7) is 1.98. The Morgan fingerprint density at radius 1 is 1.47 bits per heavy atom. The summed E-state index contributed by atoms with van der Waals surface area (Å²) in [7, 11) is 1.57. The Bertz CT molecular complexity index is 458. The second-order valence-electron chi connectivity index (χ2n) is 3.51. The normalized spacial score (nSPS) is 9.12. The number of amides is 2. The summed E-state index contributed by atoms with van der Waals surface area (Å²) in [6, 6.07) is 5.30. The van der Waals surface area contributed by atoms with Crippen LogP contribution in [0.2, 0.25) is 0 Å². The molecule has 0 heterocycles. The zero-order chi connectivity index (χ0) is 12.7. The lowest BCUT2D eigenvalue weighted by molar-refractivity contribution is 0.254. The van der Waals surface area contributed by atoms with Gasteiger partial charge in [0.15, 0.2) is 0 Å². The predicted octanol–water partition coefficient (Wildman–Crippen LogP) is 1.48. The van der Waals surface area contributed by atoms with E-state index in [0.717, 1.165) is 16.8 Å². The van der Waals surface area contributed by atoms with Crippen molar-refractivity contribution in [2.45, 2.75) is 13.3 Å². The van der Waals surface area contributed by atoms with Crippen molar-refractivity contribution in [3.8, 4) is 11.8 Å². The highest BCUT2D eigenvalue weighted by Crippen LogP contribution is 2.15. The van der Waals surface area contributed by atoms with Crippen LogP contribution in [0.5, 0.6) is 0 Å². The van der Waals surface area contributed by atoms with E-state index in [4.69, 9.17) is 5.11 Å². The molecule has 4 nitrogen and oxygen atoms in total. The first-order chi connectivity index (χ1) is 8.17. The zero-order valence-corrected chi connectivity index (χ0v) is 10.0. The van der Waals surface area contributed by atoms with Crippen molar-refractivity contribution in [1.82, 2.24) is 5.32 Å². The Labute approximate surface area is 101 Å². The fourth-order valence-electron chi connectivity index (χ4n) is 1.29. The Balaban J connectivity index is 2.80. The highest BCUT2D eigenvalue weighted by Gasteiger charge is 2.02. The molecule has 3 N–H and O–H groups in total. The molecule has 17 heavy (non-hydrogen) atoms. The third-order valence-electron chi connectivity index (χ3n) is 2.17. The molecule has 2 amide bonds. The standard InChI is InChI=1S/C13H16N2O2/c1-10-9-11(5-3-4-8-16)6-7-12(10)15-13(17)14-2/h6-7,9,16H,4,8H2,1-2H3,(H2,14,15,17). The zero-order valence-electron chi connectivity index (χ0n) is 10.0. The van der Waals surface area contributed by atoms with Crippen molar-refractivity contribution in [2.24, 2.45) is 0 Å². The molecule has 0 unspecified atom stereocenters. The van der Waals surface area contributed by atoms with E-state index in [2.05, 4.69) is 22.5 Å². The van der Waals surface area contributed by atoms with Crippen molar-refractivity contribution < 1.29 is 9.90 Å². The number of aliphatic hydroxyl groups is 1. The van der Waals surface area contributed by atoms with Crippen LogP contribution in [0.25, 0.3) is 0 Å². The lowest BCUT2D eigenvalue weighted by atomic mass is 10.1. The average Bonchev–Trinajstić information content (AvgIpc) is 2.32.